The highest BCUT2D eigenvalue weighted by Gasteiger charge is 2.28. The molecule has 2 aromatic carbocycles. The van der Waals surface area contributed by atoms with E-state index in [1.54, 1.807) is 23.5 Å². The van der Waals surface area contributed by atoms with E-state index >= 15 is 0 Å². The van der Waals surface area contributed by atoms with Crippen molar-refractivity contribution in [2.45, 2.75) is 12.8 Å². The third-order valence-corrected chi connectivity index (χ3v) is 7.09. The average molecular weight is 497 g/mol. The first kappa shape index (κ1) is 22.2. The molecule has 0 saturated carbocycles. The quantitative estimate of drug-likeness (QED) is 0.303. The highest BCUT2D eigenvalue weighted by atomic mass is 32.1. The lowest BCUT2D eigenvalue weighted by molar-refractivity contribution is -0.118. The maximum atomic E-state index is 13.4. The summed E-state index contributed by atoms with van der Waals surface area (Å²) >= 11 is 1.65. The van der Waals surface area contributed by atoms with E-state index < -0.39 is 12.6 Å². The number of pyridine rings is 1. The second-order valence-corrected chi connectivity index (χ2v) is 9.54. The molecule has 8 heteroatoms. The second kappa shape index (κ2) is 9.05. The van der Waals surface area contributed by atoms with Gasteiger partial charge in [-0.05, 0) is 65.8 Å². The Balaban J connectivity index is 1.29. The van der Waals surface area contributed by atoms with Crippen molar-refractivity contribution in [3.63, 3.8) is 0 Å². The van der Waals surface area contributed by atoms with Crippen LogP contribution < -0.4 is 10.1 Å². The number of rotatable bonds is 5. The molecule has 3 heterocycles. The molecule has 0 spiro atoms. The van der Waals surface area contributed by atoms with Crippen LogP contribution in [-0.2, 0) is 16.0 Å². The van der Waals surface area contributed by atoms with Crippen molar-refractivity contribution in [3.8, 4) is 5.75 Å². The Morgan fingerprint density at radius 2 is 2.00 bits per heavy atom. The van der Waals surface area contributed by atoms with Gasteiger partial charge in [-0.25, -0.2) is 9.78 Å². The zero-order valence-electron chi connectivity index (χ0n) is 19.1. The summed E-state index contributed by atoms with van der Waals surface area (Å²) in [7, 11) is 0. The van der Waals surface area contributed by atoms with Crippen molar-refractivity contribution in [3.05, 3.63) is 87.2 Å². The van der Waals surface area contributed by atoms with Crippen LogP contribution in [0.5, 0.6) is 5.75 Å². The Morgan fingerprint density at radius 1 is 1.11 bits per heavy atom. The summed E-state index contributed by atoms with van der Waals surface area (Å²) < 4.78 is 10.9. The van der Waals surface area contributed by atoms with E-state index in [0.717, 1.165) is 28.1 Å². The number of ether oxygens (including phenoxy) is 2. The zero-order valence-corrected chi connectivity index (χ0v) is 19.9. The SMILES string of the molecule is O=C1COc2ccc(C(=O)COC(=O)c3c4c(nc5ccccc35)C(=Cc3cccs3)CC4)cc2N1. The Hall–Kier alpha value is -4.30. The summed E-state index contributed by atoms with van der Waals surface area (Å²) in [5.74, 6) is -0.720. The monoisotopic (exact) mass is 496 g/mol. The largest absolute Gasteiger partial charge is 0.482 e. The van der Waals surface area contributed by atoms with Crippen LogP contribution in [0.1, 0.15) is 43.3 Å². The lowest BCUT2D eigenvalue weighted by Gasteiger charge is -2.18. The number of carbonyl (C=O) groups is 3. The molecule has 0 saturated heterocycles. The maximum absolute atomic E-state index is 13.4. The second-order valence-electron chi connectivity index (χ2n) is 8.56. The molecule has 0 bridgehead atoms. The molecule has 0 unspecified atom stereocenters. The molecule has 7 nitrogen and oxygen atoms in total. The standard InChI is InChI=1S/C28H20N2O5S/c31-23(16-8-10-24-22(13-16)29-25(32)15-34-24)14-35-28(33)26-19-5-1-2-6-21(19)30-27-17(7-9-20(26)27)12-18-4-3-11-36-18/h1-6,8,10-13H,7,9,14-15H2,(H,29,32). The number of thiophene rings is 1. The molecule has 36 heavy (non-hydrogen) atoms. The minimum atomic E-state index is -0.551. The number of hydrogen-bond donors (Lipinski definition) is 1. The third-order valence-electron chi connectivity index (χ3n) is 6.27. The summed E-state index contributed by atoms with van der Waals surface area (Å²) in [5, 5.41) is 5.41. The highest BCUT2D eigenvalue weighted by Crippen LogP contribution is 2.38. The number of anilines is 1. The van der Waals surface area contributed by atoms with Crippen LogP contribution >= 0.6 is 11.3 Å². The molecule has 178 valence electrons. The number of ketones is 1. The minimum absolute atomic E-state index is 0.0631. The van der Waals surface area contributed by atoms with Crippen molar-refractivity contribution >= 4 is 57.2 Å². The van der Waals surface area contributed by atoms with Gasteiger partial charge >= 0.3 is 5.97 Å². The van der Waals surface area contributed by atoms with Gasteiger partial charge in [-0.15, -0.1) is 11.3 Å². The molecule has 1 amide bonds. The molecule has 0 fully saturated rings. The van der Waals surface area contributed by atoms with Crippen LogP contribution in [-0.4, -0.2) is 35.9 Å². The molecule has 1 N–H and O–H groups in total. The summed E-state index contributed by atoms with van der Waals surface area (Å²) in [5.41, 5.74) is 4.66. The molecule has 1 aliphatic heterocycles. The van der Waals surface area contributed by atoms with Crippen LogP contribution in [0.4, 0.5) is 5.69 Å². The summed E-state index contributed by atoms with van der Waals surface area (Å²) in [6.07, 6.45) is 3.57. The first-order valence-electron chi connectivity index (χ1n) is 11.5. The summed E-state index contributed by atoms with van der Waals surface area (Å²) in [6.45, 7) is -0.484. The predicted molar refractivity (Wildman–Crippen MR) is 137 cm³/mol. The maximum Gasteiger partial charge on any atom is 0.339 e. The van der Waals surface area contributed by atoms with Crippen molar-refractivity contribution in [2.75, 3.05) is 18.5 Å². The topological polar surface area (TPSA) is 94.6 Å². The summed E-state index contributed by atoms with van der Waals surface area (Å²) in [4.78, 5) is 43.8. The molecule has 6 rings (SSSR count). The van der Waals surface area contributed by atoms with Gasteiger partial charge < -0.3 is 14.8 Å². The fourth-order valence-electron chi connectivity index (χ4n) is 4.60. The van der Waals surface area contributed by atoms with E-state index in [0.29, 0.717) is 39.9 Å². The number of amides is 1. The van der Waals surface area contributed by atoms with Crippen LogP contribution in [0, 0.1) is 0 Å². The van der Waals surface area contributed by atoms with Crippen molar-refractivity contribution in [1.29, 1.82) is 0 Å². The van der Waals surface area contributed by atoms with Crippen LogP contribution in [0.15, 0.2) is 60.0 Å². The number of esters is 1. The average Bonchev–Trinajstić information content (AvgIpc) is 3.55. The van der Waals surface area contributed by atoms with Gasteiger partial charge in [0.15, 0.2) is 19.0 Å². The highest BCUT2D eigenvalue weighted by molar-refractivity contribution is 7.10. The lowest BCUT2D eigenvalue weighted by atomic mass is 10.0. The number of nitrogens with one attached hydrogen (secondary N) is 1. The fourth-order valence-corrected chi connectivity index (χ4v) is 5.28. The normalized spacial score (nSPS) is 15.2. The number of aromatic nitrogens is 1. The smallest absolute Gasteiger partial charge is 0.339 e. The molecular formula is C28H20N2O5S. The van der Waals surface area contributed by atoms with Crippen LogP contribution in [0.3, 0.4) is 0 Å². The van der Waals surface area contributed by atoms with E-state index in [2.05, 4.69) is 17.5 Å². The molecule has 1 aliphatic carbocycles. The van der Waals surface area contributed by atoms with Gasteiger partial charge in [0.05, 0.1) is 22.5 Å². The van der Waals surface area contributed by atoms with Gasteiger partial charge in [-0.1, -0.05) is 24.3 Å². The van der Waals surface area contributed by atoms with E-state index in [9.17, 15) is 14.4 Å². The molecular weight excluding hydrogens is 476 g/mol. The van der Waals surface area contributed by atoms with Gasteiger partial charge in [0.2, 0.25) is 0 Å². The third kappa shape index (κ3) is 4.05. The Labute approximate surface area is 210 Å². The van der Waals surface area contributed by atoms with E-state index in [-0.39, 0.29) is 18.3 Å². The Morgan fingerprint density at radius 3 is 2.86 bits per heavy atom. The van der Waals surface area contributed by atoms with Gasteiger partial charge in [0.1, 0.15) is 5.75 Å². The number of Topliss-reactive ketones (excluding diaryl/α,β-unsaturated/α-hetero) is 1. The number of hydrogen-bond acceptors (Lipinski definition) is 7. The van der Waals surface area contributed by atoms with Gasteiger partial charge in [-0.3, -0.25) is 9.59 Å². The molecule has 4 aromatic rings. The van der Waals surface area contributed by atoms with Gasteiger partial charge in [0, 0.05) is 15.8 Å². The number of benzene rings is 2. The number of fused-ring (bicyclic) bond motifs is 3. The van der Waals surface area contributed by atoms with Crippen molar-refractivity contribution in [2.24, 2.45) is 0 Å². The number of nitrogens with zero attached hydrogens (tertiary/aromatic N) is 1. The molecule has 2 aromatic heterocycles. The first-order chi connectivity index (χ1) is 17.6. The number of allylic oxidation sites excluding steroid dienone is 1. The first-order valence-corrected chi connectivity index (χ1v) is 12.4. The number of carbonyl (C=O) groups excluding carboxylic acids is 3. The lowest BCUT2D eigenvalue weighted by Crippen LogP contribution is -2.25. The van der Waals surface area contributed by atoms with Gasteiger partial charge in [0.25, 0.3) is 5.91 Å². The Kier molecular flexibility index (Phi) is 5.58. The minimum Gasteiger partial charge on any atom is -0.482 e. The van der Waals surface area contributed by atoms with Crippen LogP contribution in [0.2, 0.25) is 0 Å². The van der Waals surface area contributed by atoms with Gasteiger partial charge in [-0.2, -0.15) is 0 Å². The molecule has 2 aliphatic rings. The van der Waals surface area contributed by atoms with Crippen LogP contribution in [0.25, 0.3) is 22.6 Å². The van der Waals surface area contributed by atoms with Crippen molar-refractivity contribution < 1.29 is 23.9 Å². The molecule has 0 atom stereocenters. The predicted octanol–water partition coefficient (Wildman–Crippen LogP) is 5.15. The number of para-hydroxylation sites is 1. The van der Waals surface area contributed by atoms with Crippen molar-refractivity contribution in [1.82, 2.24) is 4.98 Å². The van der Waals surface area contributed by atoms with E-state index in [4.69, 9.17) is 14.5 Å². The Bertz CT molecular complexity index is 1570. The zero-order chi connectivity index (χ0) is 24.6. The fraction of sp³-hybridized carbons (Fsp3) is 0.143. The summed E-state index contributed by atoms with van der Waals surface area (Å²) in [6, 6.07) is 16.3. The van der Waals surface area contributed by atoms with E-state index in [1.807, 2.05) is 35.7 Å². The van der Waals surface area contributed by atoms with E-state index in [1.165, 1.54) is 6.07 Å². The molecule has 0 radical (unpaired) electrons.